The molecule has 1 heterocycles. The molecule has 0 fully saturated rings. The molecule has 0 amide bonds. The number of rotatable bonds is 5. The zero-order chi connectivity index (χ0) is 15.5. The molecule has 0 aliphatic rings. The summed E-state index contributed by atoms with van der Waals surface area (Å²) in [5.74, 6) is 0.516. The molecule has 3 aromatic rings. The number of fused-ring (bicyclic) bond motifs is 1. The average Bonchev–Trinajstić information content (AvgIpc) is 2.95. The molecule has 112 valence electrons. The van der Waals surface area contributed by atoms with Crippen LogP contribution in [0, 0.1) is 0 Å². The summed E-state index contributed by atoms with van der Waals surface area (Å²) in [6.07, 6.45) is 0. The summed E-state index contributed by atoms with van der Waals surface area (Å²) in [5, 5.41) is 9.86. The van der Waals surface area contributed by atoms with Gasteiger partial charge >= 0.3 is 5.97 Å². The van der Waals surface area contributed by atoms with Crippen molar-refractivity contribution in [2.45, 2.75) is 6.61 Å². The lowest BCUT2D eigenvalue weighted by Crippen LogP contribution is -1.95. The minimum absolute atomic E-state index is 0.270. The van der Waals surface area contributed by atoms with Crippen molar-refractivity contribution < 1.29 is 19.4 Å². The van der Waals surface area contributed by atoms with Gasteiger partial charge in [-0.1, -0.05) is 6.07 Å². The number of carboxylic acids is 1. The van der Waals surface area contributed by atoms with Crippen molar-refractivity contribution in [1.82, 2.24) is 4.98 Å². The molecule has 5 nitrogen and oxygen atoms in total. The van der Waals surface area contributed by atoms with Gasteiger partial charge in [-0.3, -0.25) is 0 Å². The fourth-order valence-corrected chi connectivity index (χ4v) is 2.26. The highest BCUT2D eigenvalue weighted by atomic mass is 16.5. The van der Waals surface area contributed by atoms with E-state index >= 15 is 0 Å². The van der Waals surface area contributed by atoms with E-state index in [2.05, 4.69) is 4.98 Å². The minimum atomic E-state index is -0.933. The zero-order valence-electron chi connectivity index (χ0n) is 12.0. The van der Waals surface area contributed by atoms with Crippen LogP contribution in [0.1, 0.15) is 16.1 Å². The maximum atomic E-state index is 11.0. The summed E-state index contributed by atoms with van der Waals surface area (Å²) in [4.78, 5) is 14.2. The Labute approximate surface area is 127 Å². The molecule has 5 heteroatoms. The predicted octanol–water partition coefficient (Wildman–Crippen LogP) is 3.45. The molecule has 0 atom stereocenters. The number of aromatic nitrogens is 1. The topological polar surface area (TPSA) is 71.6 Å². The van der Waals surface area contributed by atoms with E-state index in [0.717, 1.165) is 22.3 Å². The first-order valence-electron chi connectivity index (χ1n) is 6.77. The van der Waals surface area contributed by atoms with Crippen molar-refractivity contribution in [3.8, 4) is 11.5 Å². The van der Waals surface area contributed by atoms with E-state index in [1.807, 2.05) is 30.3 Å². The van der Waals surface area contributed by atoms with Crippen LogP contribution in [0.25, 0.3) is 10.9 Å². The number of hydrogen-bond donors (Lipinski definition) is 2. The van der Waals surface area contributed by atoms with E-state index in [4.69, 9.17) is 14.6 Å². The van der Waals surface area contributed by atoms with Gasteiger partial charge in [-0.2, -0.15) is 0 Å². The molecule has 0 saturated heterocycles. The van der Waals surface area contributed by atoms with Gasteiger partial charge in [-0.05, 0) is 36.4 Å². The summed E-state index contributed by atoms with van der Waals surface area (Å²) in [6, 6.07) is 14.2. The number of H-pyrrole nitrogens is 1. The van der Waals surface area contributed by atoms with Crippen LogP contribution in [0.5, 0.6) is 11.5 Å². The van der Waals surface area contributed by atoms with E-state index in [9.17, 15) is 4.79 Å². The van der Waals surface area contributed by atoms with Crippen LogP contribution in [0.4, 0.5) is 0 Å². The molecule has 0 aliphatic heterocycles. The molecule has 2 N–H and O–H groups in total. The molecule has 3 rings (SSSR count). The highest BCUT2D eigenvalue weighted by molar-refractivity contribution is 5.93. The number of nitrogens with one attached hydrogen (secondary N) is 1. The van der Waals surface area contributed by atoms with Gasteiger partial charge in [0.25, 0.3) is 0 Å². The van der Waals surface area contributed by atoms with E-state index < -0.39 is 5.97 Å². The SMILES string of the molecule is COc1cccc(OCc2cc3cc(C(=O)O)ccc3[nH]2)c1. The van der Waals surface area contributed by atoms with Crippen LogP contribution in [0.15, 0.2) is 48.5 Å². The van der Waals surface area contributed by atoms with Crippen molar-refractivity contribution in [3.05, 3.63) is 59.8 Å². The van der Waals surface area contributed by atoms with Crippen LogP contribution in [-0.2, 0) is 6.61 Å². The first-order chi connectivity index (χ1) is 10.7. The number of carbonyl (C=O) groups is 1. The molecule has 0 aliphatic carbocycles. The normalized spacial score (nSPS) is 10.6. The Bertz CT molecular complexity index is 822. The Morgan fingerprint density at radius 1 is 1.14 bits per heavy atom. The third-order valence-electron chi connectivity index (χ3n) is 3.36. The highest BCUT2D eigenvalue weighted by Gasteiger charge is 2.07. The van der Waals surface area contributed by atoms with Gasteiger partial charge < -0.3 is 19.6 Å². The van der Waals surface area contributed by atoms with Crippen LogP contribution < -0.4 is 9.47 Å². The second kappa shape index (κ2) is 5.81. The summed E-state index contributed by atoms with van der Waals surface area (Å²) in [5.41, 5.74) is 2.03. The number of aromatic amines is 1. The Balaban J connectivity index is 1.77. The molecular weight excluding hydrogens is 282 g/mol. The van der Waals surface area contributed by atoms with E-state index in [0.29, 0.717) is 12.4 Å². The number of hydrogen-bond acceptors (Lipinski definition) is 3. The molecule has 1 aromatic heterocycles. The van der Waals surface area contributed by atoms with Crippen molar-refractivity contribution in [2.24, 2.45) is 0 Å². The Hall–Kier alpha value is -2.95. The maximum Gasteiger partial charge on any atom is 0.335 e. The van der Waals surface area contributed by atoms with Crippen molar-refractivity contribution >= 4 is 16.9 Å². The standard InChI is InChI=1S/C17H15NO4/c1-21-14-3-2-4-15(9-14)22-10-13-8-12-7-11(17(19)20)5-6-16(12)18-13/h2-9,18H,10H2,1H3,(H,19,20). The van der Waals surface area contributed by atoms with Gasteiger partial charge in [0, 0.05) is 17.0 Å². The second-order valence-corrected chi connectivity index (χ2v) is 4.87. The minimum Gasteiger partial charge on any atom is -0.497 e. The van der Waals surface area contributed by atoms with Crippen molar-refractivity contribution in [3.63, 3.8) is 0 Å². The fourth-order valence-electron chi connectivity index (χ4n) is 2.26. The lowest BCUT2D eigenvalue weighted by atomic mass is 10.1. The molecule has 22 heavy (non-hydrogen) atoms. The molecule has 2 aromatic carbocycles. The Kier molecular flexibility index (Phi) is 3.70. The van der Waals surface area contributed by atoms with Crippen LogP contribution >= 0.6 is 0 Å². The van der Waals surface area contributed by atoms with Gasteiger partial charge in [0.15, 0.2) is 0 Å². The quantitative estimate of drug-likeness (QED) is 0.756. The second-order valence-electron chi connectivity index (χ2n) is 4.87. The van der Waals surface area contributed by atoms with Gasteiger partial charge in [0.1, 0.15) is 18.1 Å². The summed E-state index contributed by atoms with van der Waals surface area (Å²) >= 11 is 0. The largest absolute Gasteiger partial charge is 0.497 e. The predicted molar refractivity (Wildman–Crippen MR) is 82.6 cm³/mol. The van der Waals surface area contributed by atoms with Crippen LogP contribution in [-0.4, -0.2) is 23.2 Å². The maximum absolute atomic E-state index is 11.0. The van der Waals surface area contributed by atoms with Crippen molar-refractivity contribution in [2.75, 3.05) is 7.11 Å². The monoisotopic (exact) mass is 297 g/mol. The molecule has 0 radical (unpaired) electrons. The molecule has 0 unspecified atom stereocenters. The third-order valence-corrected chi connectivity index (χ3v) is 3.36. The summed E-state index contributed by atoms with van der Waals surface area (Å²) in [6.45, 7) is 0.365. The van der Waals surface area contributed by atoms with Crippen molar-refractivity contribution in [1.29, 1.82) is 0 Å². The highest BCUT2D eigenvalue weighted by Crippen LogP contribution is 2.22. The number of benzene rings is 2. The van der Waals surface area contributed by atoms with Gasteiger partial charge in [0.2, 0.25) is 0 Å². The molecule has 0 saturated carbocycles. The number of ether oxygens (including phenoxy) is 2. The number of carboxylic acid groups (broad SMARTS) is 1. The Morgan fingerprint density at radius 2 is 1.95 bits per heavy atom. The fraction of sp³-hybridized carbons (Fsp3) is 0.118. The van der Waals surface area contributed by atoms with Gasteiger partial charge in [-0.15, -0.1) is 0 Å². The summed E-state index contributed by atoms with van der Waals surface area (Å²) < 4.78 is 10.9. The molecule has 0 spiro atoms. The summed E-state index contributed by atoms with van der Waals surface area (Å²) in [7, 11) is 1.61. The Morgan fingerprint density at radius 3 is 2.73 bits per heavy atom. The van der Waals surface area contributed by atoms with E-state index in [1.165, 1.54) is 0 Å². The zero-order valence-corrected chi connectivity index (χ0v) is 12.0. The first-order valence-corrected chi connectivity index (χ1v) is 6.77. The number of methoxy groups -OCH3 is 1. The molecule has 0 bridgehead atoms. The lowest BCUT2D eigenvalue weighted by molar-refractivity contribution is 0.0697. The van der Waals surface area contributed by atoms with Gasteiger partial charge in [0.05, 0.1) is 18.4 Å². The van der Waals surface area contributed by atoms with Crippen LogP contribution in [0.3, 0.4) is 0 Å². The third kappa shape index (κ3) is 2.88. The van der Waals surface area contributed by atoms with Crippen LogP contribution in [0.2, 0.25) is 0 Å². The average molecular weight is 297 g/mol. The first kappa shape index (κ1) is 14.0. The number of aromatic carboxylic acids is 1. The van der Waals surface area contributed by atoms with Gasteiger partial charge in [-0.25, -0.2) is 4.79 Å². The van der Waals surface area contributed by atoms with E-state index in [1.54, 1.807) is 25.3 Å². The van der Waals surface area contributed by atoms with E-state index in [-0.39, 0.29) is 5.56 Å². The smallest absolute Gasteiger partial charge is 0.335 e. The lowest BCUT2D eigenvalue weighted by Gasteiger charge is -2.06. The molecular formula is C17H15NO4.